The Morgan fingerprint density at radius 3 is 1.44 bits per heavy atom. The molecule has 1 aromatic rings. The first-order valence-corrected chi connectivity index (χ1v) is 6.09. The molecule has 0 amide bonds. The van der Waals surface area contributed by atoms with Gasteiger partial charge in [-0.25, -0.2) is 0 Å². The highest BCUT2D eigenvalue weighted by atomic mass is 35.6. The van der Waals surface area contributed by atoms with Crippen molar-refractivity contribution in [1.29, 1.82) is 0 Å². The molecule has 0 spiro atoms. The summed E-state index contributed by atoms with van der Waals surface area (Å²) >= 11 is 34.1. The molecule has 0 aliphatic carbocycles. The summed E-state index contributed by atoms with van der Waals surface area (Å²) in [5.74, 6) is 0. The zero-order valence-electron chi connectivity index (χ0n) is 7.41. The Hall–Kier alpha value is 0.630. The normalized spacial score (nSPS) is 12.6. The van der Waals surface area contributed by atoms with Crippen molar-refractivity contribution in [2.24, 2.45) is 0 Å². The predicted octanol–water partition coefficient (Wildman–Crippen LogP) is 4.80. The van der Waals surface area contributed by atoms with Crippen LogP contribution in [0.25, 0.3) is 0 Å². The highest BCUT2D eigenvalue weighted by Gasteiger charge is 2.29. The second-order valence-corrected chi connectivity index (χ2v) is 7.46. The number of carbonyl (C=O) groups excluding carboxylic acids is 1. The van der Waals surface area contributed by atoms with Crippen LogP contribution in [0.2, 0.25) is 0 Å². The smallest absolute Gasteiger partial charge is 0.233 e. The molecule has 0 unspecified atom stereocenters. The average Bonchev–Trinajstić information content (AvgIpc) is 2.14. The second kappa shape index (κ2) is 5.09. The summed E-state index contributed by atoms with van der Waals surface area (Å²) < 4.78 is -3.39. The van der Waals surface area contributed by atoms with Gasteiger partial charge in [-0.2, -0.15) is 0 Å². The van der Waals surface area contributed by atoms with Gasteiger partial charge in [-0.15, -0.1) is 0 Å². The van der Waals surface area contributed by atoms with Crippen LogP contribution >= 0.6 is 69.6 Å². The maximum atomic E-state index is 10.6. The lowest BCUT2D eigenvalue weighted by Gasteiger charge is -2.17. The van der Waals surface area contributed by atoms with Crippen molar-refractivity contribution in [1.82, 2.24) is 0 Å². The summed E-state index contributed by atoms with van der Waals surface area (Å²) in [6, 6.07) is 4.13. The van der Waals surface area contributed by atoms with Crippen LogP contribution < -0.4 is 0 Å². The number of hydrogen-bond acceptors (Lipinski definition) is 1. The van der Waals surface area contributed by atoms with Crippen molar-refractivity contribution >= 4 is 75.9 Å². The minimum Gasteiger partial charge on any atom is -0.285 e. The van der Waals surface area contributed by atoms with Crippen molar-refractivity contribution in [2.45, 2.75) is 7.59 Å². The van der Waals surface area contributed by atoms with Crippen LogP contribution in [0.3, 0.4) is 0 Å². The van der Waals surface area contributed by atoms with Gasteiger partial charge < -0.3 is 0 Å². The Morgan fingerprint density at radius 1 is 0.812 bits per heavy atom. The highest BCUT2D eigenvalue weighted by Crippen LogP contribution is 2.43. The van der Waals surface area contributed by atoms with Crippen LogP contribution in [0.15, 0.2) is 18.2 Å². The van der Waals surface area contributed by atoms with E-state index in [0.29, 0.717) is 0 Å². The fourth-order valence-corrected chi connectivity index (χ4v) is 1.67. The molecule has 0 aliphatic heterocycles. The Bertz CT molecular complexity index is 371. The Kier molecular flexibility index (Phi) is 4.68. The van der Waals surface area contributed by atoms with Gasteiger partial charge in [0.05, 0.1) is 0 Å². The van der Waals surface area contributed by atoms with Crippen LogP contribution in [-0.2, 0) is 12.4 Å². The largest absolute Gasteiger partial charge is 0.285 e. The summed E-state index contributed by atoms with van der Waals surface area (Å²) in [6.45, 7) is 0. The van der Waals surface area contributed by atoms with Crippen molar-refractivity contribution in [3.8, 4) is 0 Å². The summed E-state index contributed by atoms with van der Waals surface area (Å²) in [5.41, 5.74) is 0.615. The van der Waals surface area contributed by atoms with E-state index in [2.05, 4.69) is 0 Å². The molecule has 0 N–H and O–H groups in total. The fourth-order valence-electron chi connectivity index (χ4n) is 1.01. The molecule has 1 rings (SSSR count). The van der Waals surface area contributed by atoms with Gasteiger partial charge in [0.25, 0.3) is 0 Å². The lowest BCUT2D eigenvalue weighted by Crippen LogP contribution is -2.07. The zero-order valence-corrected chi connectivity index (χ0v) is 11.9. The third-order valence-electron chi connectivity index (χ3n) is 1.71. The van der Waals surface area contributed by atoms with Gasteiger partial charge in [-0.1, -0.05) is 69.6 Å². The molecule has 16 heavy (non-hydrogen) atoms. The number of benzene rings is 1. The molecule has 0 heterocycles. The SMILES string of the molecule is O=[C]c1cc(C(Cl)(Cl)Cl)cc(C(Cl)(Cl)Cl)c1. The number of hydrogen-bond donors (Lipinski definition) is 0. The maximum Gasteiger partial charge on any atom is 0.233 e. The van der Waals surface area contributed by atoms with Crippen LogP contribution in [0.4, 0.5) is 0 Å². The van der Waals surface area contributed by atoms with E-state index in [1.807, 2.05) is 0 Å². The van der Waals surface area contributed by atoms with Gasteiger partial charge in [-0.05, 0) is 18.2 Å². The molecule has 1 aromatic carbocycles. The van der Waals surface area contributed by atoms with Crippen LogP contribution in [0.1, 0.15) is 16.7 Å². The van der Waals surface area contributed by atoms with E-state index >= 15 is 0 Å². The fraction of sp³-hybridized carbons (Fsp3) is 0.222. The van der Waals surface area contributed by atoms with E-state index in [1.54, 1.807) is 6.29 Å². The first-order chi connectivity index (χ1) is 7.14. The summed E-state index contributed by atoms with van der Waals surface area (Å²) in [4.78, 5) is 10.6. The van der Waals surface area contributed by atoms with E-state index in [1.165, 1.54) is 18.2 Å². The molecule has 1 nitrogen and oxygen atoms in total. The van der Waals surface area contributed by atoms with Crippen molar-refractivity contribution in [3.63, 3.8) is 0 Å². The minimum atomic E-state index is -1.70. The van der Waals surface area contributed by atoms with E-state index < -0.39 is 7.59 Å². The summed E-state index contributed by atoms with van der Waals surface area (Å²) in [7, 11) is 0. The molecule has 0 atom stereocenters. The van der Waals surface area contributed by atoms with Crippen molar-refractivity contribution in [3.05, 3.63) is 34.9 Å². The monoisotopic (exact) mass is 337 g/mol. The molecule has 0 saturated heterocycles. The third-order valence-corrected chi connectivity index (χ3v) is 3.01. The lowest BCUT2D eigenvalue weighted by atomic mass is 10.1. The van der Waals surface area contributed by atoms with Crippen molar-refractivity contribution < 1.29 is 4.79 Å². The van der Waals surface area contributed by atoms with E-state index in [-0.39, 0.29) is 16.7 Å². The molecule has 1 radical (unpaired) electrons. The quantitative estimate of drug-likeness (QED) is 0.672. The molecular formula is C9H3Cl6O. The van der Waals surface area contributed by atoms with Gasteiger partial charge in [-0.3, -0.25) is 4.79 Å². The standard InChI is InChI=1S/C9H3Cl6O/c10-8(11,12)6-1-5(4-16)2-7(3-6)9(13,14)15/h1-3H. The van der Waals surface area contributed by atoms with Gasteiger partial charge >= 0.3 is 0 Å². The first kappa shape index (κ1) is 14.7. The van der Waals surface area contributed by atoms with E-state index in [9.17, 15) is 4.79 Å². The Labute approximate surface area is 123 Å². The topological polar surface area (TPSA) is 17.1 Å². The zero-order chi connectivity index (χ0) is 12.6. The van der Waals surface area contributed by atoms with Gasteiger partial charge in [0.1, 0.15) is 0 Å². The Balaban J connectivity index is 3.39. The molecule has 0 bridgehead atoms. The summed E-state index contributed by atoms with van der Waals surface area (Å²) in [6.07, 6.45) is 1.65. The summed E-state index contributed by atoms with van der Waals surface area (Å²) in [5, 5.41) is 0. The predicted molar refractivity (Wildman–Crippen MR) is 69.7 cm³/mol. The average molecular weight is 340 g/mol. The first-order valence-electron chi connectivity index (χ1n) is 3.82. The molecule has 0 aliphatic rings. The van der Waals surface area contributed by atoms with E-state index in [0.717, 1.165) is 0 Å². The molecule has 0 fully saturated rings. The third kappa shape index (κ3) is 3.83. The molecule has 0 saturated carbocycles. The second-order valence-electron chi connectivity index (χ2n) is 2.90. The molecule has 87 valence electrons. The molecule has 7 heteroatoms. The van der Waals surface area contributed by atoms with Crippen molar-refractivity contribution in [2.75, 3.05) is 0 Å². The minimum absolute atomic E-state index is 0.144. The van der Waals surface area contributed by atoms with Crippen LogP contribution in [0, 0.1) is 0 Å². The van der Waals surface area contributed by atoms with Gasteiger partial charge in [0.15, 0.2) is 0 Å². The number of rotatable bonds is 1. The number of halogens is 6. The van der Waals surface area contributed by atoms with E-state index in [4.69, 9.17) is 69.6 Å². The highest BCUT2D eigenvalue weighted by molar-refractivity contribution is 6.67. The van der Waals surface area contributed by atoms with Crippen LogP contribution in [-0.4, -0.2) is 6.29 Å². The van der Waals surface area contributed by atoms with Gasteiger partial charge in [0.2, 0.25) is 13.9 Å². The number of alkyl halides is 6. The maximum absolute atomic E-state index is 10.6. The molecular weight excluding hydrogens is 337 g/mol. The lowest BCUT2D eigenvalue weighted by molar-refractivity contribution is 0.562. The molecule has 0 aromatic heterocycles. The van der Waals surface area contributed by atoms with Crippen LogP contribution in [0.5, 0.6) is 0 Å². The van der Waals surface area contributed by atoms with Gasteiger partial charge in [0, 0.05) is 16.7 Å². The Morgan fingerprint density at radius 2 is 1.19 bits per heavy atom.